The van der Waals surface area contributed by atoms with Crippen LogP contribution in [-0.4, -0.2) is 45.2 Å². The van der Waals surface area contributed by atoms with Gasteiger partial charge in [0.2, 0.25) is 10.0 Å². The van der Waals surface area contributed by atoms with E-state index < -0.39 is 10.0 Å². The van der Waals surface area contributed by atoms with E-state index in [9.17, 15) is 8.42 Å². The van der Waals surface area contributed by atoms with Gasteiger partial charge in [-0.15, -0.1) is 0 Å². The molecule has 1 N–H and O–H groups in total. The first-order chi connectivity index (χ1) is 9.04. The normalized spacial score (nSPS) is 18.7. The van der Waals surface area contributed by atoms with Gasteiger partial charge in [0.05, 0.1) is 6.26 Å². The van der Waals surface area contributed by atoms with Crippen molar-refractivity contribution in [1.29, 1.82) is 0 Å². The summed E-state index contributed by atoms with van der Waals surface area (Å²) in [6, 6.07) is 0. The highest BCUT2D eigenvalue weighted by Gasteiger charge is 2.14. The summed E-state index contributed by atoms with van der Waals surface area (Å²) >= 11 is 0. The molecule has 0 amide bonds. The standard InChI is InChI=1S/C14H30N2O2S/c1-3-16(19(2,17)18)12-8-11-15-13-14-9-6-4-5-7-10-14/h14-15H,3-13H2,1-2H3. The van der Waals surface area contributed by atoms with Gasteiger partial charge in [0.15, 0.2) is 0 Å². The van der Waals surface area contributed by atoms with Crippen molar-refractivity contribution in [3.8, 4) is 0 Å². The van der Waals surface area contributed by atoms with Crippen LogP contribution in [0.15, 0.2) is 0 Å². The Labute approximate surface area is 119 Å². The van der Waals surface area contributed by atoms with E-state index in [1.165, 1.54) is 44.8 Å². The zero-order valence-electron chi connectivity index (χ0n) is 12.5. The molecule has 1 rings (SSSR count). The van der Waals surface area contributed by atoms with Gasteiger partial charge in [-0.05, 0) is 38.3 Å². The predicted octanol–water partition coefficient (Wildman–Crippen LogP) is 2.22. The monoisotopic (exact) mass is 290 g/mol. The van der Waals surface area contributed by atoms with Crippen molar-refractivity contribution in [2.75, 3.05) is 32.4 Å². The van der Waals surface area contributed by atoms with Gasteiger partial charge in [-0.25, -0.2) is 12.7 Å². The summed E-state index contributed by atoms with van der Waals surface area (Å²) in [6.07, 6.45) is 10.5. The average molecular weight is 290 g/mol. The van der Waals surface area contributed by atoms with Crippen LogP contribution in [-0.2, 0) is 10.0 Å². The summed E-state index contributed by atoms with van der Waals surface area (Å²) in [7, 11) is -3.02. The second kappa shape index (κ2) is 8.93. The van der Waals surface area contributed by atoms with Gasteiger partial charge in [-0.1, -0.05) is 32.6 Å². The summed E-state index contributed by atoms with van der Waals surface area (Å²) in [5.74, 6) is 0.833. The van der Waals surface area contributed by atoms with Crippen molar-refractivity contribution in [3.05, 3.63) is 0 Å². The van der Waals surface area contributed by atoms with Gasteiger partial charge in [-0.2, -0.15) is 0 Å². The first-order valence-electron chi connectivity index (χ1n) is 7.70. The number of nitrogens with one attached hydrogen (secondary N) is 1. The lowest BCUT2D eigenvalue weighted by Crippen LogP contribution is -2.33. The fourth-order valence-electron chi connectivity index (χ4n) is 2.81. The van der Waals surface area contributed by atoms with Crippen molar-refractivity contribution in [2.24, 2.45) is 5.92 Å². The second-order valence-corrected chi connectivity index (χ2v) is 7.65. The highest BCUT2D eigenvalue weighted by Crippen LogP contribution is 2.21. The van der Waals surface area contributed by atoms with Gasteiger partial charge in [0.1, 0.15) is 0 Å². The van der Waals surface area contributed by atoms with Gasteiger partial charge in [0.25, 0.3) is 0 Å². The predicted molar refractivity (Wildman–Crippen MR) is 80.8 cm³/mol. The van der Waals surface area contributed by atoms with Crippen LogP contribution in [0.3, 0.4) is 0 Å². The van der Waals surface area contributed by atoms with Crippen LogP contribution in [0.4, 0.5) is 0 Å². The summed E-state index contributed by atoms with van der Waals surface area (Å²) < 4.78 is 24.4. The van der Waals surface area contributed by atoms with Crippen LogP contribution in [0, 0.1) is 5.92 Å². The molecule has 0 aliphatic heterocycles. The third kappa shape index (κ3) is 7.28. The number of rotatable bonds is 8. The lowest BCUT2D eigenvalue weighted by atomic mass is 10.0. The summed E-state index contributed by atoms with van der Waals surface area (Å²) in [5, 5.41) is 3.49. The fourth-order valence-corrected chi connectivity index (χ4v) is 3.74. The molecule has 0 heterocycles. The Morgan fingerprint density at radius 2 is 1.79 bits per heavy atom. The molecule has 0 bridgehead atoms. The zero-order chi connectivity index (χ0) is 14.1. The minimum absolute atomic E-state index is 0.571. The van der Waals surface area contributed by atoms with Crippen LogP contribution in [0.1, 0.15) is 51.9 Å². The minimum Gasteiger partial charge on any atom is -0.316 e. The van der Waals surface area contributed by atoms with E-state index in [0.29, 0.717) is 13.1 Å². The molecule has 0 atom stereocenters. The van der Waals surface area contributed by atoms with Gasteiger partial charge >= 0.3 is 0 Å². The van der Waals surface area contributed by atoms with Crippen LogP contribution < -0.4 is 5.32 Å². The van der Waals surface area contributed by atoms with Crippen molar-refractivity contribution in [1.82, 2.24) is 9.62 Å². The number of hydrogen-bond acceptors (Lipinski definition) is 3. The van der Waals surface area contributed by atoms with Crippen LogP contribution in [0.2, 0.25) is 0 Å². The third-order valence-corrected chi connectivity index (χ3v) is 5.37. The summed E-state index contributed by atoms with van der Waals surface area (Å²) in [4.78, 5) is 0. The molecule has 1 aliphatic rings. The highest BCUT2D eigenvalue weighted by molar-refractivity contribution is 7.88. The lowest BCUT2D eigenvalue weighted by molar-refractivity contribution is 0.397. The fraction of sp³-hybridized carbons (Fsp3) is 1.00. The number of nitrogens with zero attached hydrogens (tertiary/aromatic N) is 1. The Morgan fingerprint density at radius 3 is 2.32 bits per heavy atom. The first kappa shape index (κ1) is 16.9. The topological polar surface area (TPSA) is 49.4 Å². The molecular formula is C14H30N2O2S. The molecule has 1 fully saturated rings. The Kier molecular flexibility index (Phi) is 7.95. The quantitative estimate of drug-likeness (QED) is 0.551. The van der Waals surface area contributed by atoms with Crippen LogP contribution in [0.5, 0.6) is 0 Å². The first-order valence-corrected chi connectivity index (χ1v) is 9.54. The van der Waals surface area contributed by atoms with E-state index in [1.807, 2.05) is 6.92 Å². The average Bonchev–Trinajstić information content (AvgIpc) is 2.60. The Morgan fingerprint density at radius 1 is 1.16 bits per heavy atom. The molecule has 0 spiro atoms. The molecule has 4 nitrogen and oxygen atoms in total. The molecule has 114 valence electrons. The Hall–Kier alpha value is -0.130. The molecule has 0 radical (unpaired) electrons. The smallest absolute Gasteiger partial charge is 0.211 e. The maximum absolute atomic E-state index is 11.4. The maximum atomic E-state index is 11.4. The molecule has 0 aromatic carbocycles. The third-order valence-electron chi connectivity index (χ3n) is 3.99. The molecular weight excluding hydrogens is 260 g/mol. The van der Waals surface area contributed by atoms with Crippen molar-refractivity contribution >= 4 is 10.0 Å². The largest absolute Gasteiger partial charge is 0.316 e. The lowest BCUT2D eigenvalue weighted by Gasteiger charge is -2.18. The van der Waals surface area contributed by atoms with Crippen LogP contribution in [0.25, 0.3) is 0 Å². The summed E-state index contributed by atoms with van der Waals surface area (Å²) in [6.45, 7) is 5.11. The van der Waals surface area contributed by atoms with E-state index in [0.717, 1.165) is 25.4 Å². The molecule has 0 aromatic rings. The molecule has 0 saturated heterocycles. The van der Waals surface area contributed by atoms with E-state index in [2.05, 4.69) is 5.32 Å². The second-order valence-electron chi connectivity index (χ2n) is 5.67. The zero-order valence-corrected chi connectivity index (χ0v) is 13.3. The molecule has 1 aliphatic carbocycles. The van der Waals surface area contributed by atoms with E-state index in [4.69, 9.17) is 0 Å². The van der Waals surface area contributed by atoms with Gasteiger partial charge in [0, 0.05) is 13.1 Å². The molecule has 0 aromatic heterocycles. The molecule has 1 saturated carbocycles. The summed E-state index contributed by atoms with van der Waals surface area (Å²) in [5.41, 5.74) is 0. The van der Waals surface area contributed by atoms with Gasteiger partial charge < -0.3 is 5.32 Å². The number of hydrogen-bond donors (Lipinski definition) is 1. The van der Waals surface area contributed by atoms with Gasteiger partial charge in [-0.3, -0.25) is 0 Å². The van der Waals surface area contributed by atoms with Crippen molar-refractivity contribution < 1.29 is 8.42 Å². The Balaban J connectivity index is 2.10. The SMILES string of the molecule is CCN(CCCNCC1CCCCCC1)S(C)(=O)=O. The highest BCUT2D eigenvalue weighted by atomic mass is 32.2. The minimum atomic E-state index is -3.02. The Bertz CT molecular complexity index is 322. The van der Waals surface area contributed by atoms with E-state index in [-0.39, 0.29) is 0 Å². The van der Waals surface area contributed by atoms with E-state index in [1.54, 1.807) is 4.31 Å². The maximum Gasteiger partial charge on any atom is 0.211 e. The van der Waals surface area contributed by atoms with Crippen molar-refractivity contribution in [3.63, 3.8) is 0 Å². The van der Waals surface area contributed by atoms with Crippen LogP contribution >= 0.6 is 0 Å². The van der Waals surface area contributed by atoms with E-state index >= 15 is 0 Å². The molecule has 19 heavy (non-hydrogen) atoms. The number of sulfonamides is 1. The van der Waals surface area contributed by atoms with Crippen molar-refractivity contribution in [2.45, 2.75) is 51.9 Å². The molecule has 0 unspecified atom stereocenters. The molecule has 5 heteroatoms.